The minimum absolute atomic E-state index is 0.221. The molecule has 0 saturated carbocycles. The van der Waals surface area contributed by atoms with Crippen LogP contribution in [0, 0.1) is 0 Å². The molecule has 0 atom stereocenters. The SMILES string of the molecule is O=C(Nc1ccncc1)NN1CC=CCC1. The smallest absolute Gasteiger partial charge is 0.307 e. The lowest BCUT2D eigenvalue weighted by molar-refractivity contribution is 0.196. The largest absolute Gasteiger partial charge is 0.333 e. The summed E-state index contributed by atoms with van der Waals surface area (Å²) in [6, 6.07) is 3.27. The molecule has 0 saturated heterocycles. The molecular weight excluding hydrogens is 204 g/mol. The normalized spacial score (nSPS) is 15.8. The Balaban J connectivity index is 1.82. The maximum atomic E-state index is 11.6. The van der Waals surface area contributed by atoms with Crippen LogP contribution in [0.25, 0.3) is 0 Å². The van der Waals surface area contributed by atoms with Crippen molar-refractivity contribution in [3.05, 3.63) is 36.7 Å². The number of aromatic nitrogens is 1. The summed E-state index contributed by atoms with van der Waals surface area (Å²) in [7, 11) is 0. The lowest BCUT2D eigenvalue weighted by Crippen LogP contribution is -2.45. The molecule has 0 bridgehead atoms. The monoisotopic (exact) mass is 218 g/mol. The van der Waals surface area contributed by atoms with Crippen molar-refractivity contribution in [2.75, 3.05) is 18.4 Å². The van der Waals surface area contributed by atoms with E-state index in [1.165, 1.54) is 0 Å². The molecule has 2 amide bonds. The number of nitrogens with one attached hydrogen (secondary N) is 2. The van der Waals surface area contributed by atoms with Crippen LogP contribution in [0.15, 0.2) is 36.7 Å². The van der Waals surface area contributed by atoms with Gasteiger partial charge in [0, 0.05) is 31.2 Å². The first-order valence-electron chi connectivity index (χ1n) is 5.22. The molecule has 2 heterocycles. The van der Waals surface area contributed by atoms with Crippen LogP contribution < -0.4 is 10.7 Å². The van der Waals surface area contributed by atoms with E-state index in [0.717, 1.165) is 25.2 Å². The Bertz CT molecular complexity index is 377. The van der Waals surface area contributed by atoms with Gasteiger partial charge in [0.1, 0.15) is 0 Å². The number of hydrogen-bond acceptors (Lipinski definition) is 3. The molecule has 1 aromatic rings. The Hall–Kier alpha value is -1.88. The number of rotatable bonds is 2. The zero-order chi connectivity index (χ0) is 11.2. The average molecular weight is 218 g/mol. The third-order valence-electron chi connectivity index (χ3n) is 2.26. The third kappa shape index (κ3) is 3.06. The van der Waals surface area contributed by atoms with Gasteiger partial charge in [-0.1, -0.05) is 12.2 Å². The van der Waals surface area contributed by atoms with Gasteiger partial charge in [0.15, 0.2) is 0 Å². The summed E-state index contributed by atoms with van der Waals surface area (Å²) in [4.78, 5) is 15.4. The second kappa shape index (κ2) is 5.27. The molecule has 84 valence electrons. The van der Waals surface area contributed by atoms with Gasteiger partial charge in [-0.15, -0.1) is 0 Å². The maximum absolute atomic E-state index is 11.6. The summed E-state index contributed by atoms with van der Waals surface area (Å²) in [5.41, 5.74) is 3.52. The van der Waals surface area contributed by atoms with E-state index < -0.39 is 0 Å². The molecule has 2 rings (SSSR count). The second-order valence-corrected chi connectivity index (χ2v) is 3.51. The first-order chi connectivity index (χ1) is 7.84. The second-order valence-electron chi connectivity index (χ2n) is 3.51. The molecule has 1 aromatic heterocycles. The van der Waals surface area contributed by atoms with Gasteiger partial charge in [0.05, 0.1) is 0 Å². The van der Waals surface area contributed by atoms with Crippen LogP contribution in [-0.4, -0.2) is 29.1 Å². The molecule has 0 radical (unpaired) electrons. The van der Waals surface area contributed by atoms with E-state index in [4.69, 9.17) is 0 Å². The zero-order valence-electron chi connectivity index (χ0n) is 8.89. The number of pyridine rings is 1. The summed E-state index contributed by atoms with van der Waals surface area (Å²) in [6.07, 6.45) is 8.39. The summed E-state index contributed by atoms with van der Waals surface area (Å²) >= 11 is 0. The molecule has 2 N–H and O–H groups in total. The molecule has 0 aromatic carbocycles. The molecule has 1 aliphatic heterocycles. The Morgan fingerprint density at radius 2 is 2.12 bits per heavy atom. The van der Waals surface area contributed by atoms with E-state index in [-0.39, 0.29) is 6.03 Å². The first kappa shape index (κ1) is 10.6. The highest BCUT2D eigenvalue weighted by Crippen LogP contribution is 2.03. The van der Waals surface area contributed by atoms with E-state index in [9.17, 15) is 4.79 Å². The Morgan fingerprint density at radius 3 is 2.81 bits per heavy atom. The summed E-state index contributed by atoms with van der Waals surface area (Å²) in [5, 5.41) is 4.60. The van der Waals surface area contributed by atoms with Crippen molar-refractivity contribution in [1.82, 2.24) is 15.4 Å². The predicted molar refractivity (Wildman–Crippen MR) is 61.7 cm³/mol. The Morgan fingerprint density at radius 1 is 1.31 bits per heavy atom. The van der Waals surface area contributed by atoms with Gasteiger partial charge < -0.3 is 5.32 Å². The van der Waals surface area contributed by atoms with Crippen LogP contribution in [0.3, 0.4) is 0 Å². The van der Waals surface area contributed by atoms with E-state index in [2.05, 4.69) is 21.8 Å². The van der Waals surface area contributed by atoms with Crippen molar-refractivity contribution >= 4 is 11.7 Å². The fraction of sp³-hybridized carbons (Fsp3) is 0.273. The molecule has 0 unspecified atom stereocenters. The first-order valence-corrected chi connectivity index (χ1v) is 5.22. The number of nitrogens with zero attached hydrogens (tertiary/aromatic N) is 2. The maximum Gasteiger partial charge on any atom is 0.333 e. The van der Waals surface area contributed by atoms with Crippen molar-refractivity contribution in [1.29, 1.82) is 0 Å². The van der Waals surface area contributed by atoms with Gasteiger partial charge in [-0.05, 0) is 18.6 Å². The van der Waals surface area contributed by atoms with Gasteiger partial charge in [0.25, 0.3) is 0 Å². The molecule has 1 aliphatic rings. The zero-order valence-corrected chi connectivity index (χ0v) is 8.89. The number of carbonyl (C=O) groups is 1. The van der Waals surface area contributed by atoms with Crippen molar-refractivity contribution in [2.45, 2.75) is 6.42 Å². The van der Waals surface area contributed by atoms with Crippen LogP contribution in [0.4, 0.5) is 10.5 Å². The molecular formula is C11H14N4O. The fourth-order valence-electron chi connectivity index (χ4n) is 1.48. The number of amides is 2. The molecule has 0 fully saturated rings. The van der Waals surface area contributed by atoms with E-state index in [1.807, 2.05) is 11.1 Å². The average Bonchev–Trinajstić information content (AvgIpc) is 2.31. The van der Waals surface area contributed by atoms with Crippen molar-refractivity contribution in [3.63, 3.8) is 0 Å². The summed E-state index contributed by atoms with van der Waals surface area (Å²) < 4.78 is 0. The highest BCUT2D eigenvalue weighted by Gasteiger charge is 2.09. The Labute approximate surface area is 94.1 Å². The van der Waals surface area contributed by atoms with Crippen LogP contribution >= 0.6 is 0 Å². The van der Waals surface area contributed by atoms with Gasteiger partial charge in [-0.2, -0.15) is 0 Å². The van der Waals surface area contributed by atoms with Crippen molar-refractivity contribution in [3.8, 4) is 0 Å². The van der Waals surface area contributed by atoms with E-state index in [1.54, 1.807) is 24.5 Å². The molecule has 0 aliphatic carbocycles. The lowest BCUT2D eigenvalue weighted by Gasteiger charge is -2.23. The number of urea groups is 1. The molecule has 16 heavy (non-hydrogen) atoms. The van der Waals surface area contributed by atoms with E-state index in [0.29, 0.717) is 0 Å². The third-order valence-corrected chi connectivity index (χ3v) is 2.26. The number of anilines is 1. The fourth-order valence-corrected chi connectivity index (χ4v) is 1.48. The standard InChI is InChI=1S/C11H14N4O/c16-11(13-10-4-6-12-7-5-10)14-15-8-2-1-3-9-15/h1-2,4-7H,3,8-9H2,(H2,12,13,14,16). The predicted octanol–water partition coefficient (Wildman–Crippen LogP) is 1.38. The van der Waals surface area contributed by atoms with Crippen LogP contribution in [-0.2, 0) is 0 Å². The highest BCUT2D eigenvalue weighted by molar-refractivity contribution is 5.88. The number of hydrogen-bond donors (Lipinski definition) is 2. The van der Waals surface area contributed by atoms with Gasteiger partial charge >= 0.3 is 6.03 Å². The van der Waals surface area contributed by atoms with Crippen LogP contribution in [0.5, 0.6) is 0 Å². The van der Waals surface area contributed by atoms with Crippen LogP contribution in [0.1, 0.15) is 6.42 Å². The molecule has 5 nitrogen and oxygen atoms in total. The molecule has 5 heteroatoms. The van der Waals surface area contributed by atoms with Crippen molar-refractivity contribution < 1.29 is 4.79 Å². The summed E-state index contributed by atoms with van der Waals surface area (Å²) in [6.45, 7) is 1.60. The number of hydrazine groups is 1. The minimum Gasteiger partial charge on any atom is -0.307 e. The Kier molecular flexibility index (Phi) is 3.50. The summed E-state index contributed by atoms with van der Waals surface area (Å²) in [5.74, 6) is 0. The van der Waals surface area contributed by atoms with Gasteiger partial charge in [-0.25, -0.2) is 9.80 Å². The van der Waals surface area contributed by atoms with Gasteiger partial charge in [0.2, 0.25) is 0 Å². The topological polar surface area (TPSA) is 57.3 Å². The van der Waals surface area contributed by atoms with E-state index >= 15 is 0 Å². The molecule has 0 spiro atoms. The van der Waals surface area contributed by atoms with Crippen molar-refractivity contribution in [2.24, 2.45) is 0 Å². The van der Waals surface area contributed by atoms with Crippen LogP contribution in [0.2, 0.25) is 0 Å². The lowest BCUT2D eigenvalue weighted by atomic mass is 10.3. The highest BCUT2D eigenvalue weighted by atomic mass is 16.2. The van der Waals surface area contributed by atoms with Gasteiger partial charge in [-0.3, -0.25) is 10.4 Å². The number of carbonyl (C=O) groups excluding carboxylic acids is 1. The minimum atomic E-state index is -0.221. The quantitative estimate of drug-likeness (QED) is 0.737.